The van der Waals surface area contributed by atoms with E-state index in [1.807, 2.05) is 6.92 Å². The molecule has 22 heavy (non-hydrogen) atoms. The van der Waals surface area contributed by atoms with E-state index in [-0.39, 0.29) is 0 Å². The molecule has 5 N–H and O–H groups in total. The van der Waals surface area contributed by atoms with Crippen molar-refractivity contribution < 1.29 is 20.1 Å². The molecular formula is C14H20N4O4. The van der Waals surface area contributed by atoms with Crippen molar-refractivity contribution in [2.75, 3.05) is 5.73 Å². The molecule has 0 bridgehead atoms. The lowest BCUT2D eigenvalue weighted by Gasteiger charge is -2.20. The van der Waals surface area contributed by atoms with Gasteiger partial charge >= 0.3 is 0 Å². The number of nitrogens with two attached hydrogens (primary N) is 1. The van der Waals surface area contributed by atoms with Crippen LogP contribution in [0.1, 0.15) is 26.0 Å². The maximum absolute atomic E-state index is 10.3. The Morgan fingerprint density at radius 2 is 2.14 bits per heavy atom. The lowest BCUT2D eigenvalue weighted by atomic mass is 10.0. The van der Waals surface area contributed by atoms with E-state index in [1.165, 1.54) is 17.1 Å². The maximum atomic E-state index is 10.3. The highest BCUT2D eigenvalue weighted by Gasteiger charge is 2.46. The lowest BCUT2D eigenvalue weighted by molar-refractivity contribution is -0.0854. The molecule has 3 rings (SSSR count). The van der Waals surface area contributed by atoms with Gasteiger partial charge in [-0.1, -0.05) is 13.3 Å². The molecule has 0 radical (unpaired) electrons. The maximum Gasteiger partial charge on any atom is 0.165 e. The Bertz CT molecular complexity index is 661. The Labute approximate surface area is 127 Å². The SMILES string of the molecule is CCC[C@H](O)[C@H]1O[C@@H](n2cnc3c(N)ccnc32)[C@H](O)[C@@H]1O. The van der Waals surface area contributed by atoms with E-state index >= 15 is 0 Å². The highest BCUT2D eigenvalue weighted by molar-refractivity contribution is 5.83. The number of ether oxygens (including phenoxy) is 1. The highest BCUT2D eigenvalue weighted by atomic mass is 16.6. The van der Waals surface area contributed by atoms with Crippen LogP contribution in [0.5, 0.6) is 0 Å². The molecule has 2 aromatic heterocycles. The zero-order valence-electron chi connectivity index (χ0n) is 12.2. The molecule has 0 aromatic carbocycles. The molecule has 5 atom stereocenters. The first-order valence-electron chi connectivity index (χ1n) is 7.31. The van der Waals surface area contributed by atoms with Crippen molar-refractivity contribution in [1.29, 1.82) is 0 Å². The van der Waals surface area contributed by atoms with Crippen LogP contribution in [0.4, 0.5) is 5.69 Å². The van der Waals surface area contributed by atoms with Crippen LogP contribution in [0, 0.1) is 0 Å². The lowest BCUT2D eigenvalue weighted by Crippen LogP contribution is -2.38. The van der Waals surface area contributed by atoms with Gasteiger partial charge in [-0.15, -0.1) is 0 Å². The molecule has 0 spiro atoms. The van der Waals surface area contributed by atoms with Crippen molar-refractivity contribution in [3.05, 3.63) is 18.6 Å². The number of hydrogen-bond acceptors (Lipinski definition) is 7. The Balaban J connectivity index is 1.92. The van der Waals surface area contributed by atoms with E-state index in [0.29, 0.717) is 23.3 Å². The van der Waals surface area contributed by atoms with Crippen LogP contribution < -0.4 is 5.73 Å². The molecule has 8 nitrogen and oxygen atoms in total. The van der Waals surface area contributed by atoms with Gasteiger partial charge in [0.05, 0.1) is 18.1 Å². The first-order chi connectivity index (χ1) is 10.5. The third kappa shape index (κ3) is 2.34. The number of rotatable bonds is 4. The number of imidazole rings is 1. The molecule has 1 aliphatic heterocycles. The Morgan fingerprint density at radius 3 is 2.86 bits per heavy atom. The van der Waals surface area contributed by atoms with Gasteiger partial charge in [0, 0.05) is 6.20 Å². The normalized spacial score (nSPS) is 30.0. The summed E-state index contributed by atoms with van der Waals surface area (Å²) in [6.07, 6.45) is -0.684. The number of pyridine rings is 1. The molecule has 0 amide bonds. The summed E-state index contributed by atoms with van der Waals surface area (Å²) in [4.78, 5) is 8.37. The molecule has 0 unspecified atom stereocenters. The van der Waals surface area contributed by atoms with Gasteiger partial charge in [-0.3, -0.25) is 4.57 Å². The molecule has 0 saturated carbocycles. The van der Waals surface area contributed by atoms with Crippen molar-refractivity contribution in [3.8, 4) is 0 Å². The summed E-state index contributed by atoms with van der Waals surface area (Å²) < 4.78 is 7.21. The van der Waals surface area contributed by atoms with Gasteiger partial charge in [-0.05, 0) is 12.5 Å². The van der Waals surface area contributed by atoms with E-state index in [0.717, 1.165) is 6.42 Å². The van der Waals surface area contributed by atoms with Crippen LogP contribution in [-0.2, 0) is 4.74 Å². The van der Waals surface area contributed by atoms with Gasteiger partial charge in [-0.2, -0.15) is 0 Å². The summed E-state index contributed by atoms with van der Waals surface area (Å²) in [5, 5.41) is 30.4. The predicted molar refractivity (Wildman–Crippen MR) is 78.8 cm³/mol. The van der Waals surface area contributed by atoms with Crippen molar-refractivity contribution in [2.24, 2.45) is 0 Å². The number of anilines is 1. The quantitative estimate of drug-likeness (QED) is 0.615. The zero-order chi connectivity index (χ0) is 15.9. The minimum atomic E-state index is -1.18. The summed E-state index contributed by atoms with van der Waals surface area (Å²) in [7, 11) is 0. The molecular weight excluding hydrogens is 288 g/mol. The molecule has 0 aliphatic carbocycles. The van der Waals surface area contributed by atoms with Crippen molar-refractivity contribution in [2.45, 2.75) is 50.4 Å². The van der Waals surface area contributed by atoms with Crippen molar-refractivity contribution in [1.82, 2.24) is 14.5 Å². The van der Waals surface area contributed by atoms with E-state index in [2.05, 4.69) is 9.97 Å². The first kappa shape index (κ1) is 15.2. The van der Waals surface area contributed by atoms with Crippen molar-refractivity contribution >= 4 is 16.9 Å². The van der Waals surface area contributed by atoms with Gasteiger partial charge in [0.2, 0.25) is 0 Å². The van der Waals surface area contributed by atoms with E-state index < -0.39 is 30.6 Å². The molecule has 1 aliphatic rings. The third-order valence-corrected chi connectivity index (χ3v) is 4.01. The van der Waals surface area contributed by atoms with Gasteiger partial charge in [0.15, 0.2) is 11.9 Å². The van der Waals surface area contributed by atoms with Crippen molar-refractivity contribution in [3.63, 3.8) is 0 Å². The fraction of sp³-hybridized carbons (Fsp3) is 0.571. The largest absolute Gasteiger partial charge is 0.397 e. The predicted octanol–water partition coefficient (Wildman–Crippen LogP) is -0.206. The number of nitrogen functional groups attached to an aromatic ring is 1. The second-order valence-electron chi connectivity index (χ2n) is 5.55. The fourth-order valence-electron chi connectivity index (χ4n) is 2.83. The summed E-state index contributed by atoms with van der Waals surface area (Å²) in [5.41, 5.74) is 7.27. The molecule has 1 saturated heterocycles. The van der Waals surface area contributed by atoms with Gasteiger partial charge in [0.25, 0.3) is 0 Å². The number of aromatic nitrogens is 3. The zero-order valence-corrected chi connectivity index (χ0v) is 12.2. The minimum Gasteiger partial charge on any atom is -0.397 e. The Hall–Kier alpha value is -1.74. The minimum absolute atomic E-state index is 0.460. The average molecular weight is 308 g/mol. The molecule has 2 aromatic rings. The number of aliphatic hydroxyl groups is 3. The Morgan fingerprint density at radius 1 is 1.36 bits per heavy atom. The second-order valence-corrected chi connectivity index (χ2v) is 5.55. The van der Waals surface area contributed by atoms with Crippen LogP contribution >= 0.6 is 0 Å². The molecule has 120 valence electrons. The number of fused-ring (bicyclic) bond motifs is 1. The number of hydrogen-bond donors (Lipinski definition) is 4. The van der Waals surface area contributed by atoms with Gasteiger partial charge in [-0.25, -0.2) is 9.97 Å². The average Bonchev–Trinajstić information content (AvgIpc) is 3.03. The van der Waals surface area contributed by atoms with Gasteiger partial charge in [0.1, 0.15) is 23.8 Å². The van der Waals surface area contributed by atoms with E-state index in [4.69, 9.17) is 10.5 Å². The van der Waals surface area contributed by atoms with Crippen LogP contribution in [0.3, 0.4) is 0 Å². The van der Waals surface area contributed by atoms with Crippen LogP contribution in [0.2, 0.25) is 0 Å². The second kappa shape index (κ2) is 5.81. The molecule has 1 fully saturated rings. The topological polar surface area (TPSA) is 127 Å². The highest BCUT2D eigenvalue weighted by Crippen LogP contribution is 2.34. The van der Waals surface area contributed by atoms with Crippen LogP contribution in [0.25, 0.3) is 11.2 Å². The Kier molecular flexibility index (Phi) is 4.00. The van der Waals surface area contributed by atoms with Crippen LogP contribution in [0.15, 0.2) is 18.6 Å². The standard InChI is InChI=1S/C14H20N4O4/c1-2-3-8(19)12-10(20)11(21)14(22-12)18-6-17-9-7(15)4-5-16-13(9)18/h4-6,8,10-12,14,19-21H,2-3H2,1H3,(H2,15,16)/t8-,10-,11+,12+,14+/m0/s1. The summed E-state index contributed by atoms with van der Waals surface area (Å²) >= 11 is 0. The summed E-state index contributed by atoms with van der Waals surface area (Å²) in [5.74, 6) is 0. The van der Waals surface area contributed by atoms with Gasteiger partial charge < -0.3 is 25.8 Å². The summed E-state index contributed by atoms with van der Waals surface area (Å²) in [6.45, 7) is 1.93. The number of nitrogens with zero attached hydrogens (tertiary/aromatic N) is 3. The smallest absolute Gasteiger partial charge is 0.165 e. The summed E-state index contributed by atoms with van der Waals surface area (Å²) in [6, 6.07) is 1.63. The van der Waals surface area contributed by atoms with Crippen LogP contribution in [-0.4, -0.2) is 54.3 Å². The number of aliphatic hydroxyl groups excluding tert-OH is 3. The monoisotopic (exact) mass is 308 g/mol. The molecule has 8 heteroatoms. The molecule has 3 heterocycles. The first-order valence-corrected chi connectivity index (χ1v) is 7.31. The van der Waals surface area contributed by atoms with E-state index in [1.54, 1.807) is 6.07 Å². The third-order valence-electron chi connectivity index (χ3n) is 4.01. The van der Waals surface area contributed by atoms with E-state index in [9.17, 15) is 15.3 Å². The fourth-order valence-corrected chi connectivity index (χ4v) is 2.83.